The maximum absolute atomic E-state index is 6.23. The topological polar surface area (TPSA) is 16.1 Å². The molecule has 1 fully saturated rings. The van der Waals surface area contributed by atoms with Gasteiger partial charge in [-0.25, -0.2) is 0 Å². The van der Waals surface area contributed by atoms with Crippen LogP contribution < -0.4 is 0 Å². The van der Waals surface area contributed by atoms with Gasteiger partial charge in [0.2, 0.25) is 0 Å². The van der Waals surface area contributed by atoms with E-state index in [1.165, 1.54) is 42.5 Å². The molecule has 0 radical (unpaired) electrons. The van der Waals surface area contributed by atoms with Crippen molar-refractivity contribution in [3.63, 3.8) is 0 Å². The Kier molecular flexibility index (Phi) is 3.44. The second kappa shape index (κ2) is 5.43. The van der Waals surface area contributed by atoms with E-state index in [0.717, 1.165) is 17.5 Å². The summed E-state index contributed by atoms with van der Waals surface area (Å²) in [5.41, 5.74) is 4.28. The van der Waals surface area contributed by atoms with Crippen molar-refractivity contribution in [3.8, 4) is 0 Å². The molecule has 1 saturated heterocycles. The molecule has 0 spiro atoms. The summed E-state index contributed by atoms with van der Waals surface area (Å²) in [6, 6.07) is 11.2. The molecule has 1 aliphatic heterocycles. The average Bonchev–Trinajstić information content (AvgIpc) is 2.71. The third kappa shape index (κ3) is 2.47. The SMILES string of the molecule is Clc1ccc2c(c1)[C@H]1C[C@@H]2CCCN1Cc1cccnc1. The first-order valence-corrected chi connectivity index (χ1v) is 8.11. The fourth-order valence-corrected chi connectivity index (χ4v) is 4.14. The Bertz CT molecular complexity index is 641. The molecule has 0 amide bonds. The van der Waals surface area contributed by atoms with Gasteiger partial charge in [-0.3, -0.25) is 9.88 Å². The predicted molar refractivity (Wildman–Crippen MR) is 85.4 cm³/mol. The highest BCUT2D eigenvalue weighted by molar-refractivity contribution is 6.30. The molecule has 1 aromatic heterocycles. The lowest BCUT2D eigenvalue weighted by Crippen LogP contribution is -2.27. The summed E-state index contributed by atoms with van der Waals surface area (Å²) < 4.78 is 0. The van der Waals surface area contributed by atoms with E-state index < -0.39 is 0 Å². The normalized spacial score (nSPS) is 24.6. The van der Waals surface area contributed by atoms with Crippen molar-refractivity contribution in [2.24, 2.45) is 0 Å². The molecule has 2 aliphatic rings. The highest BCUT2D eigenvalue weighted by Gasteiger charge is 2.36. The van der Waals surface area contributed by atoms with Gasteiger partial charge in [-0.1, -0.05) is 23.7 Å². The van der Waals surface area contributed by atoms with Crippen molar-refractivity contribution in [3.05, 3.63) is 64.4 Å². The largest absolute Gasteiger partial charge is 0.292 e. The summed E-state index contributed by atoms with van der Waals surface area (Å²) in [5.74, 6) is 0.723. The van der Waals surface area contributed by atoms with E-state index in [1.807, 2.05) is 24.5 Å². The zero-order valence-electron chi connectivity index (χ0n) is 12.0. The Labute approximate surface area is 130 Å². The van der Waals surface area contributed by atoms with Gasteiger partial charge in [-0.05, 0) is 66.6 Å². The molecule has 2 nitrogen and oxygen atoms in total. The van der Waals surface area contributed by atoms with Crippen molar-refractivity contribution in [1.29, 1.82) is 0 Å². The summed E-state index contributed by atoms with van der Waals surface area (Å²) >= 11 is 6.23. The summed E-state index contributed by atoms with van der Waals surface area (Å²) in [5, 5.41) is 0.862. The quantitative estimate of drug-likeness (QED) is 0.808. The van der Waals surface area contributed by atoms with E-state index in [9.17, 15) is 0 Å². The lowest BCUT2D eigenvalue weighted by atomic mass is 9.96. The van der Waals surface area contributed by atoms with Crippen molar-refractivity contribution >= 4 is 11.6 Å². The second-order valence-electron chi connectivity index (χ2n) is 6.20. The van der Waals surface area contributed by atoms with Crippen LogP contribution in [0.5, 0.6) is 0 Å². The standard InChI is InChI=1S/C18H19ClN2/c19-15-5-6-16-14-4-2-8-21(18(9-14)17(16)10-15)12-13-3-1-7-20-11-13/h1,3,5-7,10-11,14,18H,2,4,8-9,12H2/t14-,18+/m0/s1. The summed E-state index contributed by atoms with van der Waals surface area (Å²) in [4.78, 5) is 6.86. The van der Waals surface area contributed by atoms with E-state index >= 15 is 0 Å². The highest BCUT2D eigenvalue weighted by Crippen LogP contribution is 2.48. The molecule has 1 aromatic carbocycles. The van der Waals surface area contributed by atoms with Crippen LogP contribution in [-0.4, -0.2) is 16.4 Å². The highest BCUT2D eigenvalue weighted by atomic mass is 35.5. The number of likely N-dealkylation sites (tertiary alicyclic amines) is 1. The number of benzene rings is 1. The fraction of sp³-hybridized carbons (Fsp3) is 0.389. The molecule has 108 valence electrons. The number of pyridine rings is 1. The van der Waals surface area contributed by atoms with Crippen molar-refractivity contribution in [1.82, 2.24) is 9.88 Å². The number of hydrogen-bond donors (Lipinski definition) is 0. The molecule has 2 aromatic rings. The van der Waals surface area contributed by atoms with Gasteiger partial charge in [0.1, 0.15) is 0 Å². The number of hydrogen-bond acceptors (Lipinski definition) is 2. The lowest BCUT2D eigenvalue weighted by molar-refractivity contribution is 0.197. The molecule has 0 N–H and O–H groups in total. The third-order valence-electron chi connectivity index (χ3n) is 4.90. The zero-order valence-corrected chi connectivity index (χ0v) is 12.8. The van der Waals surface area contributed by atoms with Crippen molar-refractivity contribution < 1.29 is 0 Å². The van der Waals surface area contributed by atoms with E-state index in [2.05, 4.69) is 28.1 Å². The second-order valence-corrected chi connectivity index (χ2v) is 6.63. The summed E-state index contributed by atoms with van der Waals surface area (Å²) in [7, 11) is 0. The van der Waals surface area contributed by atoms with Gasteiger partial charge in [0.25, 0.3) is 0 Å². The summed E-state index contributed by atoms with van der Waals surface area (Å²) in [6.07, 6.45) is 7.65. The van der Waals surface area contributed by atoms with Crippen molar-refractivity contribution in [2.45, 2.75) is 37.8 Å². The first-order chi connectivity index (χ1) is 10.3. The minimum absolute atomic E-state index is 0.520. The van der Waals surface area contributed by atoms with Gasteiger partial charge in [-0.15, -0.1) is 0 Å². The minimum atomic E-state index is 0.520. The van der Waals surface area contributed by atoms with Crippen LogP contribution in [0.15, 0.2) is 42.7 Å². The molecular formula is C18H19ClN2. The van der Waals surface area contributed by atoms with Gasteiger partial charge in [-0.2, -0.15) is 0 Å². The van der Waals surface area contributed by atoms with Crippen LogP contribution in [0.2, 0.25) is 5.02 Å². The van der Waals surface area contributed by atoms with Crippen LogP contribution in [0.3, 0.4) is 0 Å². The minimum Gasteiger partial charge on any atom is -0.292 e. The van der Waals surface area contributed by atoms with E-state index in [1.54, 1.807) is 0 Å². The molecule has 3 heteroatoms. The lowest BCUT2D eigenvalue weighted by Gasteiger charge is -2.29. The predicted octanol–water partition coefficient (Wildman–Crippen LogP) is 4.56. The van der Waals surface area contributed by atoms with Gasteiger partial charge in [0.05, 0.1) is 0 Å². The van der Waals surface area contributed by atoms with E-state index in [-0.39, 0.29) is 0 Å². The number of fused-ring (bicyclic) bond motifs is 5. The van der Waals surface area contributed by atoms with Gasteiger partial charge >= 0.3 is 0 Å². The van der Waals surface area contributed by atoms with Gasteiger partial charge in [0, 0.05) is 30.0 Å². The van der Waals surface area contributed by atoms with Crippen LogP contribution >= 0.6 is 11.6 Å². The Hall–Kier alpha value is -1.38. The van der Waals surface area contributed by atoms with Crippen LogP contribution in [0.25, 0.3) is 0 Å². The summed E-state index contributed by atoms with van der Waals surface area (Å²) in [6.45, 7) is 2.15. The Morgan fingerprint density at radius 1 is 1.24 bits per heavy atom. The number of rotatable bonds is 2. The monoisotopic (exact) mass is 298 g/mol. The van der Waals surface area contributed by atoms with E-state index in [4.69, 9.17) is 11.6 Å². The number of aromatic nitrogens is 1. The molecule has 2 atom stereocenters. The van der Waals surface area contributed by atoms with Gasteiger partial charge in [0.15, 0.2) is 0 Å². The zero-order chi connectivity index (χ0) is 14.2. The molecule has 0 saturated carbocycles. The molecule has 1 aliphatic carbocycles. The molecular weight excluding hydrogens is 280 g/mol. The Balaban J connectivity index is 1.67. The van der Waals surface area contributed by atoms with Crippen LogP contribution in [-0.2, 0) is 6.54 Å². The molecule has 4 rings (SSSR count). The molecule has 2 bridgehead atoms. The molecule has 2 heterocycles. The number of halogens is 1. The maximum Gasteiger partial charge on any atom is 0.0409 e. The fourth-order valence-electron chi connectivity index (χ4n) is 3.96. The van der Waals surface area contributed by atoms with Gasteiger partial charge < -0.3 is 0 Å². The third-order valence-corrected chi connectivity index (χ3v) is 5.14. The first kappa shape index (κ1) is 13.3. The maximum atomic E-state index is 6.23. The molecule has 0 unspecified atom stereocenters. The van der Waals surface area contributed by atoms with E-state index in [0.29, 0.717) is 6.04 Å². The Morgan fingerprint density at radius 3 is 3.05 bits per heavy atom. The average molecular weight is 299 g/mol. The van der Waals surface area contributed by atoms with Crippen LogP contribution in [0.1, 0.15) is 47.9 Å². The molecule has 21 heavy (non-hydrogen) atoms. The van der Waals surface area contributed by atoms with Crippen LogP contribution in [0.4, 0.5) is 0 Å². The van der Waals surface area contributed by atoms with Crippen LogP contribution in [0, 0.1) is 0 Å². The Morgan fingerprint density at radius 2 is 2.19 bits per heavy atom. The first-order valence-electron chi connectivity index (χ1n) is 7.73. The van der Waals surface area contributed by atoms with Crippen molar-refractivity contribution in [2.75, 3.05) is 6.54 Å². The number of nitrogens with zero attached hydrogens (tertiary/aromatic N) is 2. The smallest absolute Gasteiger partial charge is 0.0409 e.